The number of nitrogens with one attached hydrogen (secondary N) is 1. The van der Waals surface area contributed by atoms with Crippen LogP contribution in [0.25, 0.3) is 0 Å². The van der Waals surface area contributed by atoms with Gasteiger partial charge in [0.1, 0.15) is 0 Å². The second kappa shape index (κ2) is 9.15. The molecule has 1 N–H and O–H groups in total. The summed E-state index contributed by atoms with van der Waals surface area (Å²) in [7, 11) is -3.37. The van der Waals surface area contributed by atoms with Crippen LogP contribution in [0.15, 0.2) is 54.6 Å². The quantitative estimate of drug-likeness (QED) is 0.758. The molecule has 27 heavy (non-hydrogen) atoms. The minimum Gasteiger partial charge on any atom is -0.355 e. The first kappa shape index (κ1) is 19.6. The number of amides is 1. The van der Waals surface area contributed by atoms with Crippen molar-refractivity contribution in [1.29, 1.82) is 0 Å². The van der Waals surface area contributed by atoms with Gasteiger partial charge in [-0.15, -0.1) is 0 Å². The molecule has 1 aliphatic rings. The van der Waals surface area contributed by atoms with Gasteiger partial charge in [0.05, 0.1) is 5.75 Å². The predicted molar refractivity (Wildman–Crippen MR) is 107 cm³/mol. The third-order valence-electron chi connectivity index (χ3n) is 4.88. The fourth-order valence-corrected chi connectivity index (χ4v) is 4.67. The molecule has 1 aliphatic heterocycles. The Balaban J connectivity index is 1.39. The number of nitrogens with zero attached hydrogens (tertiary/aromatic N) is 1. The highest BCUT2D eigenvalue weighted by atomic mass is 32.2. The van der Waals surface area contributed by atoms with Crippen LogP contribution in [0.1, 0.15) is 29.5 Å². The van der Waals surface area contributed by atoms with Crippen LogP contribution >= 0.6 is 0 Å². The molecule has 2 aromatic rings. The Morgan fingerprint density at radius 1 is 1.00 bits per heavy atom. The Morgan fingerprint density at radius 3 is 2.48 bits per heavy atom. The van der Waals surface area contributed by atoms with Gasteiger partial charge in [-0.2, -0.15) is 4.31 Å². The Bertz CT molecular complexity index is 866. The van der Waals surface area contributed by atoms with Gasteiger partial charge in [0.25, 0.3) is 0 Å². The lowest BCUT2D eigenvalue weighted by Crippen LogP contribution is -2.40. The lowest BCUT2D eigenvalue weighted by molar-refractivity contribution is -0.121. The van der Waals surface area contributed by atoms with Crippen LogP contribution in [0.5, 0.6) is 0 Å². The predicted octanol–water partition coefficient (Wildman–Crippen LogP) is 2.51. The molecule has 0 saturated carbocycles. The molecule has 5 nitrogen and oxygen atoms in total. The zero-order valence-electron chi connectivity index (χ0n) is 15.4. The summed E-state index contributed by atoms with van der Waals surface area (Å²) in [6, 6.07) is 18.0. The highest BCUT2D eigenvalue weighted by Crippen LogP contribution is 2.20. The van der Waals surface area contributed by atoms with Gasteiger partial charge in [-0.1, -0.05) is 54.6 Å². The number of carbonyl (C=O) groups excluding carboxylic acids is 1. The summed E-state index contributed by atoms with van der Waals surface area (Å²) in [6.45, 7) is 1.08. The normalized spacial score (nSPS) is 14.5. The van der Waals surface area contributed by atoms with Crippen molar-refractivity contribution >= 4 is 15.9 Å². The number of aryl methyl sites for hydroxylation is 1. The summed E-state index contributed by atoms with van der Waals surface area (Å²) in [4.78, 5) is 11.9. The molecule has 0 spiro atoms. The van der Waals surface area contributed by atoms with Gasteiger partial charge >= 0.3 is 0 Å². The molecule has 0 fully saturated rings. The van der Waals surface area contributed by atoms with Crippen LogP contribution in [0.3, 0.4) is 0 Å². The van der Waals surface area contributed by atoms with E-state index in [-0.39, 0.29) is 18.2 Å². The van der Waals surface area contributed by atoms with Gasteiger partial charge in [0.15, 0.2) is 0 Å². The van der Waals surface area contributed by atoms with E-state index in [1.54, 1.807) is 0 Å². The standard InChI is InChI=1S/C21H26N2O3S/c24-21(12-6-9-18-7-2-1-3-8-18)22-14-16-27(25,26)23-15-13-19-10-4-5-11-20(19)17-23/h1-5,7-8,10-11H,6,9,12-17H2,(H,22,24). The van der Waals surface area contributed by atoms with E-state index in [4.69, 9.17) is 0 Å². The zero-order chi connectivity index (χ0) is 19.1. The van der Waals surface area contributed by atoms with E-state index in [0.717, 1.165) is 24.8 Å². The molecule has 3 rings (SSSR count). The van der Waals surface area contributed by atoms with E-state index in [9.17, 15) is 13.2 Å². The van der Waals surface area contributed by atoms with Crippen LogP contribution in [-0.2, 0) is 34.2 Å². The molecular weight excluding hydrogens is 360 g/mol. The van der Waals surface area contributed by atoms with Crippen molar-refractivity contribution in [2.24, 2.45) is 0 Å². The van der Waals surface area contributed by atoms with Crippen LogP contribution in [0.2, 0.25) is 0 Å². The Labute approximate surface area is 161 Å². The van der Waals surface area contributed by atoms with Crippen LogP contribution in [-0.4, -0.2) is 37.5 Å². The first-order chi connectivity index (χ1) is 13.0. The average Bonchev–Trinajstić information content (AvgIpc) is 2.68. The van der Waals surface area contributed by atoms with Crippen molar-refractivity contribution in [3.05, 3.63) is 71.3 Å². The first-order valence-corrected chi connectivity index (χ1v) is 11.0. The summed E-state index contributed by atoms with van der Waals surface area (Å²) in [6.07, 6.45) is 2.75. The summed E-state index contributed by atoms with van der Waals surface area (Å²) in [5.74, 6) is -0.148. The number of hydrogen-bond donors (Lipinski definition) is 1. The highest BCUT2D eigenvalue weighted by Gasteiger charge is 2.26. The van der Waals surface area contributed by atoms with Crippen molar-refractivity contribution in [3.63, 3.8) is 0 Å². The maximum atomic E-state index is 12.6. The smallest absolute Gasteiger partial charge is 0.220 e. The maximum absolute atomic E-state index is 12.6. The van der Waals surface area contributed by atoms with Crippen LogP contribution in [0.4, 0.5) is 0 Å². The third kappa shape index (κ3) is 5.65. The largest absolute Gasteiger partial charge is 0.355 e. The van der Waals surface area contributed by atoms with E-state index in [1.807, 2.05) is 48.5 Å². The molecule has 0 saturated heterocycles. The lowest BCUT2D eigenvalue weighted by Gasteiger charge is -2.28. The Morgan fingerprint density at radius 2 is 1.70 bits per heavy atom. The molecule has 6 heteroatoms. The monoisotopic (exact) mass is 386 g/mol. The van der Waals surface area contributed by atoms with Gasteiger partial charge in [0, 0.05) is 26.1 Å². The molecule has 2 aromatic carbocycles. The fourth-order valence-electron chi connectivity index (χ4n) is 3.34. The first-order valence-electron chi connectivity index (χ1n) is 9.40. The van der Waals surface area contributed by atoms with Crippen molar-refractivity contribution in [2.75, 3.05) is 18.8 Å². The van der Waals surface area contributed by atoms with E-state index in [0.29, 0.717) is 19.5 Å². The SMILES string of the molecule is O=C(CCCc1ccccc1)NCCS(=O)(=O)N1CCc2ccccc2C1. The Hall–Kier alpha value is -2.18. The lowest BCUT2D eigenvalue weighted by atomic mass is 10.0. The number of carbonyl (C=O) groups is 1. The molecule has 0 unspecified atom stereocenters. The summed E-state index contributed by atoms with van der Waals surface area (Å²) in [5, 5.41) is 2.74. The second-order valence-electron chi connectivity index (χ2n) is 6.86. The van der Waals surface area contributed by atoms with Crippen LogP contribution < -0.4 is 5.32 Å². The van der Waals surface area contributed by atoms with Crippen molar-refractivity contribution < 1.29 is 13.2 Å². The molecule has 1 heterocycles. The van der Waals surface area contributed by atoms with Gasteiger partial charge in [-0.25, -0.2) is 8.42 Å². The van der Waals surface area contributed by atoms with Crippen molar-refractivity contribution in [1.82, 2.24) is 9.62 Å². The summed E-state index contributed by atoms with van der Waals surface area (Å²) < 4.78 is 26.6. The van der Waals surface area contributed by atoms with E-state index in [1.165, 1.54) is 15.4 Å². The highest BCUT2D eigenvalue weighted by molar-refractivity contribution is 7.89. The number of hydrogen-bond acceptors (Lipinski definition) is 3. The minimum atomic E-state index is -3.37. The van der Waals surface area contributed by atoms with Crippen molar-refractivity contribution in [3.8, 4) is 0 Å². The van der Waals surface area contributed by atoms with E-state index < -0.39 is 10.0 Å². The molecule has 0 aliphatic carbocycles. The number of benzene rings is 2. The zero-order valence-corrected chi connectivity index (χ0v) is 16.2. The third-order valence-corrected chi connectivity index (χ3v) is 6.70. The van der Waals surface area contributed by atoms with Gasteiger partial charge in [-0.3, -0.25) is 4.79 Å². The second-order valence-corrected chi connectivity index (χ2v) is 8.95. The molecule has 144 valence electrons. The molecular formula is C21H26N2O3S. The van der Waals surface area contributed by atoms with E-state index >= 15 is 0 Å². The number of rotatable bonds is 8. The summed E-state index contributed by atoms with van der Waals surface area (Å²) >= 11 is 0. The van der Waals surface area contributed by atoms with E-state index in [2.05, 4.69) is 11.4 Å². The molecule has 0 aromatic heterocycles. The van der Waals surface area contributed by atoms with Gasteiger partial charge in [-0.05, 0) is 36.0 Å². The fraction of sp³-hybridized carbons (Fsp3) is 0.381. The van der Waals surface area contributed by atoms with Crippen molar-refractivity contribution in [2.45, 2.75) is 32.2 Å². The number of fused-ring (bicyclic) bond motifs is 1. The topological polar surface area (TPSA) is 66.5 Å². The molecule has 0 atom stereocenters. The van der Waals surface area contributed by atoms with Gasteiger partial charge in [0.2, 0.25) is 15.9 Å². The number of sulfonamides is 1. The maximum Gasteiger partial charge on any atom is 0.220 e. The summed E-state index contributed by atoms with van der Waals surface area (Å²) in [5.41, 5.74) is 3.49. The van der Waals surface area contributed by atoms with Crippen LogP contribution in [0, 0.1) is 0 Å². The molecule has 1 amide bonds. The van der Waals surface area contributed by atoms with Gasteiger partial charge < -0.3 is 5.32 Å². The average molecular weight is 387 g/mol. The molecule has 0 radical (unpaired) electrons. The molecule has 0 bridgehead atoms. The Kier molecular flexibility index (Phi) is 6.63. The minimum absolute atomic E-state index is 0.0560.